The van der Waals surface area contributed by atoms with Crippen LogP contribution in [0.15, 0.2) is 42.5 Å². The number of nitrogens with one attached hydrogen (secondary N) is 3. The molecule has 5 heteroatoms. The lowest BCUT2D eigenvalue weighted by atomic mass is 10.1. The van der Waals surface area contributed by atoms with Crippen molar-refractivity contribution in [3.63, 3.8) is 0 Å². The Balaban J connectivity index is 2.06. The lowest BCUT2D eigenvalue weighted by Crippen LogP contribution is -2.39. The molecule has 2 rings (SSSR count). The Bertz CT molecular complexity index is 619. The molecule has 5 nitrogen and oxygen atoms in total. The number of H-pyrrole nitrogens is 1. The molecule has 0 unspecified atom stereocenters. The van der Waals surface area contributed by atoms with Crippen LogP contribution in [-0.4, -0.2) is 16.8 Å². The van der Waals surface area contributed by atoms with Gasteiger partial charge in [0.05, 0.1) is 0 Å². The maximum atomic E-state index is 12.3. The fraction of sp³-hybridized carbons (Fsp3) is 0.250. The van der Waals surface area contributed by atoms with Crippen molar-refractivity contribution in [3.05, 3.63) is 59.4 Å². The summed E-state index contributed by atoms with van der Waals surface area (Å²) in [6.45, 7) is 3.72. The molecule has 1 aromatic carbocycles. The zero-order chi connectivity index (χ0) is 15.2. The van der Waals surface area contributed by atoms with E-state index in [0.717, 1.165) is 11.3 Å². The third-order valence-electron chi connectivity index (χ3n) is 3.08. The summed E-state index contributed by atoms with van der Waals surface area (Å²) in [6.07, 6.45) is 0. The molecule has 2 amide bonds. The summed E-state index contributed by atoms with van der Waals surface area (Å²) >= 11 is 0. The van der Waals surface area contributed by atoms with E-state index in [0.29, 0.717) is 12.2 Å². The number of hydrogen-bond acceptors (Lipinski definition) is 2. The number of aromatic amines is 1. The van der Waals surface area contributed by atoms with E-state index in [1.54, 1.807) is 6.07 Å². The molecule has 2 aromatic rings. The molecule has 0 fully saturated rings. The van der Waals surface area contributed by atoms with Gasteiger partial charge in [-0.3, -0.25) is 9.59 Å². The molecule has 0 aliphatic carbocycles. The van der Waals surface area contributed by atoms with Crippen LogP contribution in [0.1, 0.15) is 29.9 Å². The van der Waals surface area contributed by atoms with E-state index in [-0.39, 0.29) is 11.8 Å². The zero-order valence-corrected chi connectivity index (χ0v) is 12.1. The summed E-state index contributed by atoms with van der Waals surface area (Å²) in [4.78, 5) is 26.7. The summed E-state index contributed by atoms with van der Waals surface area (Å²) in [5, 5.41) is 5.50. The Morgan fingerprint density at radius 1 is 1.14 bits per heavy atom. The molecular formula is C16H19N3O2. The molecule has 1 heterocycles. The largest absolute Gasteiger partial charge is 0.360 e. The highest BCUT2D eigenvalue weighted by atomic mass is 16.2. The minimum atomic E-state index is -0.708. The van der Waals surface area contributed by atoms with Gasteiger partial charge in [0.2, 0.25) is 11.8 Å². The highest BCUT2D eigenvalue weighted by Gasteiger charge is 2.22. The Labute approximate surface area is 123 Å². The molecule has 0 radical (unpaired) electrons. The third-order valence-corrected chi connectivity index (χ3v) is 3.08. The van der Waals surface area contributed by atoms with Gasteiger partial charge in [0.25, 0.3) is 0 Å². The second-order valence-corrected chi connectivity index (χ2v) is 4.93. The van der Waals surface area contributed by atoms with Gasteiger partial charge in [-0.1, -0.05) is 30.3 Å². The second kappa shape index (κ2) is 6.74. The van der Waals surface area contributed by atoms with Gasteiger partial charge >= 0.3 is 0 Å². The van der Waals surface area contributed by atoms with Gasteiger partial charge in [-0.05, 0) is 24.6 Å². The first-order valence-electron chi connectivity index (χ1n) is 6.80. The fourth-order valence-corrected chi connectivity index (χ4v) is 2.07. The highest BCUT2D eigenvalue weighted by Crippen LogP contribution is 2.13. The molecule has 3 N–H and O–H groups in total. The van der Waals surface area contributed by atoms with E-state index in [1.807, 2.05) is 43.3 Å². The van der Waals surface area contributed by atoms with Crippen molar-refractivity contribution >= 4 is 11.8 Å². The predicted molar refractivity (Wildman–Crippen MR) is 80.4 cm³/mol. The summed E-state index contributed by atoms with van der Waals surface area (Å²) < 4.78 is 0. The van der Waals surface area contributed by atoms with Crippen molar-refractivity contribution in [2.75, 3.05) is 0 Å². The van der Waals surface area contributed by atoms with E-state index in [1.165, 1.54) is 6.92 Å². The van der Waals surface area contributed by atoms with Crippen LogP contribution in [0, 0.1) is 6.92 Å². The molecule has 1 atom stereocenters. The fourth-order valence-electron chi connectivity index (χ4n) is 2.07. The molecule has 0 spiro atoms. The molecule has 0 saturated heterocycles. The highest BCUT2D eigenvalue weighted by molar-refractivity contribution is 5.87. The molecule has 0 saturated carbocycles. The first kappa shape index (κ1) is 14.8. The Morgan fingerprint density at radius 3 is 2.43 bits per heavy atom. The average Bonchev–Trinajstić information content (AvgIpc) is 2.89. The van der Waals surface area contributed by atoms with Gasteiger partial charge in [0.1, 0.15) is 6.04 Å². The topological polar surface area (TPSA) is 74.0 Å². The van der Waals surface area contributed by atoms with Crippen molar-refractivity contribution in [1.82, 2.24) is 15.6 Å². The molecule has 0 aliphatic heterocycles. The van der Waals surface area contributed by atoms with Crippen LogP contribution < -0.4 is 10.6 Å². The number of rotatable bonds is 5. The Kier molecular flexibility index (Phi) is 4.77. The van der Waals surface area contributed by atoms with E-state index in [9.17, 15) is 9.59 Å². The SMILES string of the molecule is CC(=O)N[C@@H](C(=O)NCc1ccccc1)c1ccc(C)[nH]1. The van der Waals surface area contributed by atoms with Gasteiger partial charge < -0.3 is 15.6 Å². The van der Waals surface area contributed by atoms with Crippen LogP contribution in [0.3, 0.4) is 0 Å². The van der Waals surface area contributed by atoms with Crippen LogP contribution in [0.5, 0.6) is 0 Å². The molecule has 21 heavy (non-hydrogen) atoms. The van der Waals surface area contributed by atoms with Gasteiger partial charge in [-0.2, -0.15) is 0 Å². The number of carbonyl (C=O) groups excluding carboxylic acids is 2. The summed E-state index contributed by atoms with van der Waals surface area (Å²) in [6, 6.07) is 12.6. The van der Waals surface area contributed by atoms with Crippen molar-refractivity contribution in [2.45, 2.75) is 26.4 Å². The summed E-state index contributed by atoms with van der Waals surface area (Å²) in [5.41, 5.74) is 2.62. The van der Waals surface area contributed by atoms with E-state index in [2.05, 4.69) is 15.6 Å². The number of benzene rings is 1. The first-order valence-corrected chi connectivity index (χ1v) is 6.80. The normalized spacial score (nSPS) is 11.7. The van der Waals surface area contributed by atoms with E-state index < -0.39 is 6.04 Å². The van der Waals surface area contributed by atoms with Crippen molar-refractivity contribution in [3.8, 4) is 0 Å². The quantitative estimate of drug-likeness (QED) is 0.784. The van der Waals surface area contributed by atoms with Crippen molar-refractivity contribution in [2.24, 2.45) is 0 Å². The van der Waals surface area contributed by atoms with Crippen LogP contribution >= 0.6 is 0 Å². The zero-order valence-electron chi connectivity index (χ0n) is 12.1. The minimum absolute atomic E-state index is 0.240. The maximum absolute atomic E-state index is 12.3. The lowest BCUT2D eigenvalue weighted by molar-refractivity contribution is -0.128. The molecular weight excluding hydrogens is 266 g/mol. The van der Waals surface area contributed by atoms with Crippen LogP contribution in [-0.2, 0) is 16.1 Å². The van der Waals surface area contributed by atoms with Crippen molar-refractivity contribution in [1.29, 1.82) is 0 Å². The lowest BCUT2D eigenvalue weighted by Gasteiger charge is -2.16. The number of hydrogen-bond donors (Lipinski definition) is 3. The molecule has 110 valence electrons. The molecule has 1 aromatic heterocycles. The van der Waals surface area contributed by atoms with Gasteiger partial charge in [-0.15, -0.1) is 0 Å². The van der Waals surface area contributed by atoms with Crippen molar-refractivity contribution < 1.29 is 9.59 Å². The molecule has 0 aliphatic rings. The Hall–Kier alpha value is -2.56. The Morgan fingerprint density at radius 2 is 1.86 bits per heavy atom. The van der Waals surface area contributed by atoms with Crippen LogP contribution in [0.25, 0.3) is 0 Å². The van der Waals surface area contributed by atoms with Gasteiger partial charge in [0, 0.05) is 24.9 Å². The average molecular weight is 285 g/mol. The third kappa shape index (κ3) is 4.21. The summed E-state index contributed by atoms with van der Waals surface area (Å²) in [5.74, 6) is -0.488. The number of carbonyl (C=O) groups is 2. The van der Waals surface area contributed by atoms with E-state index in [4.69, 9.17) is 0 Å². The summed E-state index contributed by atoms with van der Waals surface area (Å²) in [7, 11) is 0. The van der Waals surface area contributed by atoms with Crippen LogP contribution in [0.4, 0.5) is 0 Å². The number of aromatic nitrogens is 1. The standard InChI is InChI=1S/C16H19N3O2/c1-11-8-9-14(18-11)15(19-12(2)20)16(21)17-10-13-6-4-3-5-7-13/h3-9,15,18H,10H2,1-2H3,(H,17,21)(H,19,20)/t15-/m1/s1. The smallest absolute Gasteiger partial charge is 0.249 e. The van der Waals surface area contributed by atoms with Crippen LogP contribution in [0.2, 0.25) is 0 Å². The van der Waals surface area contributed by atoms with E-state index >= 15 is 0 Å². The van der Waals surface area contributed by atoms with Gasteiger partial charge in [-0.25, -0.2) is 0 Å². The monoisotopic (exact) mass is 285 g/mol. The number of amides is 2. The second-order valence-electron chi connectivity index (χ2n) is 4.93. The minimum Gasteiger partial charge on any atom is -0.360 e. The predicted octanol–water partition coefficient (Wildman–Crippen LogP) is 1.82. The first-order chi connectivity index (χ1) is 10.1. The maximum Gasteiger partial charge on any atom is 0.249 e. The molecule has 0 bridgehead atoms. The number of aryl methyl sites for hydroxylation is 1. The van der Waals surface area contributed by atoms with Gasteiger partial charge in [0.15, 0.2) is 0 Å².